The molecule has 0 unspecified atom stereocenters. The van der Waals surface area contributed by atoms with Gasteiger partial charge in [-0.2, -0.15) is 0 Å². The van der Waals surface area contributed by atoms with E-state index in [0.29, 0.717) is 10.8 Å². The van der Waals surface area contributed by atoms with E-state index in [2.05, 4.69) is 6.92 Å². The molecule has 22 heavy (non-hydrogen) atoms. The fourth-order valence-electron chi connectivity index (χ4n) is 7.83. The van der Waals surface area contributed by atoms with Crippen molar-refractivity contribution in [2.75, 3.05) is 13.7 Å². The van der Waals surface area contributed by atoms with Crippen molar-refractivity contribution < 1.29 is 4.74 Å². The lowest BCUT2D eigenvalue weighted by atomic mass is 9.45. The summed E-state index contributed by atoms with van der Waals surface area (Å²) in [5.41, 5.74) is 1.38. The van der Waals surface area contributed by atoms with Crippen LogP contribution in [0.4, 0.5) is 0 Å². The van der Waals surface area contributed by atoms with Gasteiger partial charge < -0.3 is 4.74 Å². The van der Waals surface area contributed by atoms with Crippen molar-refractivity contribution in [1.29, 1.82) is 0 Å². The summed E-state index contributed by atoms with van der Waals surface area (Å²) < 4.78 is 5.49. The molecule has 4 aliphatic carbocycles. The zero-order valence-electron chi connectivity index (χ0n) is 14.9. The molecule has 1 heteroatoms. The Morgan fingerprint density at radius 1 is 0.864 bits per heavy atom. The third-order valence-electron chi connectivity index (χ3n) is 8.91. The minimum absolute atomic E-state index is 0.676. The predicted octanol–water partition coefficient (Wildman–Crippen LogP) is 5.83. The molecule has 0 aromatic carbocycles. The highest BCUT2D eigenvalue weighted by Crippen LogP contribution is 2.67. The number of fused-ring (bicyclic) bond motifs is 5. The lowest BCUT2D eigenvalue weighted by Gasteiger charge is -2.60. The maximum Gasteiger partial charge on any atom is 0.0467 e. The lowest BCUT2D eigenvalue weighted by Crippen LogP contribution is -2.52. The molecule has 0 heterocycles. The van der Waals surface area contributed by atoms with E-state index in [1.165, 1.54) is 57.8 Å². The smallest absolute Gasteiger partial charge is 0.0467 e. The molecule has 4 fully saturated rings. The van der Waals surface area contributed by atoms with E-state index in [9.17, 15) is 0 Å². The summed E-state index contributed by atoms with van der Waals surface area (Å²) in [6, 6.07) is 0. The normalized spacial score (nSPS) is 51.0. The van der Waals surface area contributed by atoms with Crippen molar-refractivity contribution in [3.63, 3.8) is 0 Å². The van der Waals surface area contributed by atoms with Gasteiger partial charge in [0, 0.05) is 13.7 Å². The average Bonchev–Trinajstić information content (AvgIpc) is 2.96. The van der Waals surface area contributed by atoms with Crippen LogP contribution in [0.5, 0.6) is 0 Å². The summed E-state index contributed by atoms with van der Waals surface area (Å²) in [5, 5.41) is 0. The Morgan fingerprint density at radius 3 is 2.64 bits per heavy atom. The predicted molar refractivity (Wildman–Crippen MR) is 91.8 cm³/mol. The van der Waals surface area contributed by atoms with E-state index < -0.39 is 0 Å². The molecular formula is C21H36O. The first-order valence-corrected chi connectivity index (χ1v) is 10.2. The van der Waals surface area contributed by atoms with Crippen LogP contribution in [0.2, 0.25) is 0 Å². The highest BCUT2D eigenvalue weighted by molar-refractivity contribution is 5.07. The van der Waals surface area contributed by atoms with E-state index in [-0.39, 0.29) is 0 Å². The number of methoxy groups -OCH3 is 1. The van der Waals surface area contributed by atoms with Crippen LogP contribution in [0, 0.1) is 34.5 Å². The van der Waals surface area contributed by atoms with Gasteiger partial charge in [0.05, 0.1) is 0 Å². The summed E-state index contributed by atoms with van der Waals surface area (Å²) in [7, 11) is 1.89. The molecule has 0 saturated heterocycles. The van der Waals surface area contributed by atoms with Crippen LogP contribution in [0.3, 0.4) is 0 Å². The standard InChI is InChI=1S/C21H36O/c1-20-11-4-3-6-16(20)8-9-17-18(20)10-13-21(14-15-22-2)12-5-7-19(17)21/h16-19H,3-15H2,1-2H3/t16-,17-,18+,19+,20+,21+/m1/s1. The highest BCUT2D eigenvalue weighted by Gasteiger charge is 2.58. The monoisotopic (exact) mass is 304 g/mol. The summed E-state index contributed by atoms with van der Waals surface area (Å²) in [6.07, 6.45) is 18.1. The highest BCUT2D eigenvalue weighted by atomic mass is 16.5. The Hall–Kier alpha value is -0.0400. The van der Waals surface area contributed by atoms with Crippen molar-refractivity contribution >= 4 is 0 Å². The summed E-state index contributed by atoms with van der Waals surface area (Å²) >= 11 is 0. The van der Waals surface area contributed by atoms with Crippen molar-refractivity contribution in [2.24, 2.45) is 34.5 Å². The van der Waals surface area contributed by atoms with Crippen molar-refractivity contribution in [2.45, 2.75) is 84.0 Å². The molecule has 0 spiro atoms. The SMILES string of the molecule is COCC[C@@]12CCC[C@H]1[C@@H]1CC[C@H]3CCCC[C@]3(C)[C@H]1CC2. The Balaban J connectivity index is 1.58. The molecule has 0 aromatic rings. The second kappa shape index (κ2) is 5.80. The minimum Gasteiger partial charge on any atom is -0.385 e. The van der Waals surface area contributed by atoms with Gasteiger partial charge in [-0.1, -0.05) is 26.2 Å². The van der Waals surface area contributed by atoms with Crippen LogP contribution >= 0.6 is 0 Å². The molecule has 4 rings (SSSR count). The molecule has 1 nitrogen and oxygen atoms in total. The quantitative estimate of drug-likeness (QED) is 0.637. The van der Waals surface area contributed by atoms with E-state index in [0.717, 1.165) is 30.3 Å². The topological polar surface area (TPSA) is 9.23 Å². The zero-order valence-corrected chi connectivity index (χ0v) is 14.9. The van der Waals surface area contributed by atoms with Gasteiger partial charge in [0.2, 0.25) is 0 Å². The van der Waals surface area contributed by atoms with Gasteiger partial charge in [-0.15, -0.1) is 0 Å². The third-order valence-corrected chi connectivity index (χ3v) is 8.91. The molecular weight excluding hydrogens is 268 g/mol. The first-order chi connectivity index (χ1) is 10.7. The number of hydrogen-bond donors (Lipinski definition) is 0. The molecule has 0 aromatic heterocycles. The zero-order chi connectivity index (χ0) is 15.2. The summed E-state index contributed by atoms with van der Waals surface area (Å²) in [4.78, 5) is 0. The van der Waals surface area contributed by atoms with Gasteiger partial charge >= 0.3 is 0 Å². The molecule has 0 N–H and O–H groups in total. The fraction of sp³-hybridized carbons (Fsp3) is 1.00. The van der Waals surface area contributed by atoms with E-state index in [1.807, 2.05) is 7.11 Å². The van der Waals surface area contributed by atoms with Gasteiger partial charge in [-0.25, -0.2) is 0 Å². The molecule has 4 aliphatic rings. The lowest BCUT2D eigenvalue weighted by molar-refractivity contribution is -0.112. The van der Waals surface area contributed by atoms with Gasteiger partial charge in [-0.05, 0) is 92.3 Å². The van der Waals surface area contributed by atoms with Gasteiger partial charge in [0.25, 0.3) is 0 Å². The van der Waals surface area contributed by atoms with Crippen molar-refractivity contribution in [3.8, 4) is 0 Å². The second-order valence-electron chi connectivity index (χ2n) is 9.44. The second-order valence-corrected chi connectivity index (χ2v) is 9.44. The molecule has 0 bridgehead atoms. The van der Waals surface area contributed by atoms with Crippen molar-refractivity contribution in [3.05, 3.63) is 0 Å². The Morgan fingerprint density at radius 2 is 1.77 bits per heavy atom. The maximum atomic E-state index is 5.49. The Labute approximate surface area is 137 Å². The molecule has 6 atom stereocenters. The maximum absolute atomic E-state index is 5.49. The third kappa shape index (κ3) is 2.21. The Kier molecular flexibility index (Phi) is 4.08. The van der Waals surface area contributed by atoms with Crippen LogP contribution in [-0.2, 0) is 4.74 Å². The van der Waals surface area contributed by atoms with Gasteiger partial charge in [0.1, 0.15) is 0 Å². The van der Waals surface area contributed by atoms with Gasteiger partial charge in [-0.3, -0.25) is 0 Å². The summed E-state index contributed by atoms with van der Waals surface area (Å²) in [6.45, 7) is 3.69. The molecule has 0 radical (unpaired) electrons. The van der Waals surface area contributed by atoms with Gasteiger partial charge in [0.15, 0.2) is 0 Å². The van der Waals surface area contributed by atoms with Crippen LogP contribution in [-0.4, -0.2) is 13.7 Å². The number of rotatable bonds is 3. The number of ether oxygens (including phenoxy) is 1. The number of hydrogen-bond acceptors (Lipinski definition) is 1. The summed E-state index contributed by atoms with van der Waals surface area (Å²) in [5.74, 6) is 4.23. The van der Waals surface area contributed by atoms with E-state index in [1.54, 1.807) is 19.3 Å². The van der Waals surface area contributed by atoms with E-state index >= 15 is 0 Å². The van der Waals surface area contributed by atoms with Crippen molar-refractivity contribution in [1.82, 2.24) is 0 Å². The molecule has 0 aliphatic heterocycles. The fourth-order valence-corrected chi connectivity index (χ4v) is 7.83. The molecule has 4 saturated carbocycles. The first-order valence-electron chi connectivity index (χ1n) is 10.2. The average molecular weight is 305 g/mol. The van der Waals surface area contributed by atoms with Crippen LogP contribution in [0.15, 0.2) is 0 Å². The van der Waals surface area contributed by atoms with E-state index in [4.69, 9.17) is 4.74 Å². The Bertz CT molecular complexity index is 405. The molecule has 126 valence electrons. The van der Waals surface area contributed by atoms with Crippen LogP contribution in [0.25, 0.3) is 0 Å². The van der Waals surface area contributed by atoms with Crippen LogP contribution < -0.4 is 0 Å². The largest absolute Gasteiger partial charge is 0.385 e. The molecule has 0 amide bonds. The first kappa shape index (κ1) is 15.5. The minimum atomic E-state index is 0.676. The van der Waals surface area contributed by atoms with Crippen LogP contribution in [0.1, 0.15) is 84.0 Å².